The van der Waals surface area contributed by atoms with Crippen molar-refractivity contribution in [1.82, 2.24) is 0 Å². The number of carbonyl (C=O) groups is 1. The monoisotopic (exact) mass is 276 g/mol. The maximum absolute atomic E-state index is 12.3. The zero-order valence-corrected chi connectivity index (χ0v) is 12.3. The third-order valence-electron chi connectivity index (χ3n) is 3.80. The average Bonchev–Trinajstić information content (AvgIpc) is 2.49. The van der Waals surface area contributed by atoms with E-state index in [-0.39, 0.29) is 5.97 Å². The molecule has 3 nitrogen and oxygen atoms in total. The minimum absolute atomic E-state index is 0.229. The summed E-state index contributed by atoms with van der Waals surface area (Å²) in [6.07, 6.45) is 6.25. The highest BCUT2D eigenvalue weighted by atomic mass is 16.6. The van der Waals surface area contributed by atoms with Gasteiger partial charge in [-0.15, -0.1) is 0 Å². The highest BCUT2D eigenvalue weighted by molar-refractivity contribution is 5.89. The molecular weight excluding hydrogens is 252 g/mol. The molecule has 1 saturated carbocycles. The fourth-order valence-corrected chi connectivity index (χ4v) is 2.70. The zero-order chi connectivity index (χ0) is 14.3. The molecule has 1 aliphatic carbocycles. The van der Waals surface area contributed by atoms with Crippen molar-refractivity contribution < 1.29 is 14.3 Å². The van der Waals surface area contributed by atoms with Crippen LogP contribution in [0.5, 0.6) is 0 Å². The van der Waals surface area contributed by atoms with Crippen LogP contribution in [0.15, 0.2) is 30.3 Å². The molecule has 0 aromatic heterocycles. The fourth-order valence-electron chi connectivity index (χ4n) is 2.70. The normalized spacial score (nSPS) is 17.6. The van der Waals surface area contributed by atoms with E-state index in [1.165, 1.54) is 6.42 Å². The minimum atomic E-state index is -0.416. The quantitative estimate of drug-likeness (QED) is 0.582. The SMILES string of the molecule is CCCOCC1(OC(=O)c2ccccc2)CCCCC1. The highest BCUT2D eigenvalue weighted by Crippen LogP contribution is 2.33. The second-order valence-corrected chi connectivity index (χ2v) is 5.55. The lowest BCUT2D eigenvalue weighted by Gasteiger charge is -2.36. The molecule has 1 aliphatic rings. The van der Waals surface area contributed by atoms with Crippen LogP contribution in [-0.2, 0) is 9.47 Å². The Morgan fingerprint density at radius 3 is 2.50 bits per heavy atom. The van der Waals surface area contributed by atoms with Gasteiger partial charge in [-0.1, -0.05) is 31.5 Å². The molecule has 0 heterocycles. The molecule has 0 amide bonds. The molecule has 110 valence electrons. The summed E-state index contributed by atoms with van der Waals surface area (Å²) in [7, 11) is 0. The molecule has 0 saturated heterocycles. The van der Waals surface area contributed by atoms with E-state index in [0.29, 0.717) is 12.2 Å². The summed E-state index contributed by atoms with van der Waals surface area (Å²) in [6.45, 7) is 3.34. The molecule has 1 aromatic rings. The van der Waals surface area contributed by atoms with Gasteiger partial charge in [0.25, 0.3) is 0 Å². The van der Waals surface area contributed by atoms with Crippen LogP contribution < -0.4 is 0 Å². The Hall–Kier alpha value is -1.35. The first kappa shape index (κ1) is 15.0. The lowest BCUT2D eigenvalue weighted by molar-refractivity contribution is -0.0844. The van der Waals surface area contributed by atoms with Gasteiger partial charge in [0.1, 0.15) is 5.60 Å². The van der Waals surface area contributed by atoms with Crippen molar-refractivity contribution in [3.63, 3.8) is 0 Å². The first-order valence-corrected chi connectivity index (χ1v) is 7.62. The van der Waals surface area contributed by atoms with Crippen molar-refractivity contribution in [2.45, 2.75) is 51.0 Å². The summed E-state index contributed by atoms with van der Waals surface area (Å²) >= 11 is 0. The Kier molecular flexibility index (Phi) is 5.60. The number of esters is 1. The predicted octanol–water partition coefficient (Wildman–Crippen LogP) is 3.97. The van der Waals surface area contributed by atoms with E-state index in [2.05, 4.69) is 6.92 Å². The van der Waals surface area contributed by atoms with Gasteiger partial charge in [-0.2, -0.15) is 0 Å². The van der Waals surface area contributed by atoms with Crippen molar-refractivity contribution in [1.29, 1.82) is 0 Å². The smallest absolute Gasteiger partial charge is 0.338 e. The average molecular weight is 276 g/mol. The molecule has 20 heavy (non-hydrogen) atoms. The van der Waals surface area contributed by atoms with Gasteiger partial charge in [0.15, 0.2) is 0 Å². The summed E-state index contributed by atoms with van der Waals surface area (Å²) in [4.78, 5) is 12.3. The van der Waals surface area contributed by atoms with Crippen LogP contribution in [0.25, 0.3) is 0 Å². The summed E-state index contributed by atoms with van der Waals surface area (Å²) in [5.41, 5.74) is 0.202. The van der Waals surface area contributed by atoms with Crippen molar-refractivity contribution in [2.24, 2.45) is 0 Å². The standard InChI is InChI=1S/C17H24O3/c1-2-13-19-14-17(11-7-4-8-12-17)20-16(18)15-9-5-3-6-10-15/h3,5-6,9-10H,2,4,7-8,11-14H2,1H3. The van der Waals surface area contributed by atoms with Gasteiger partial charge in [-0.3, -0.25) is 0 Å². The van der Waals surface area contributed by atoms with Crippen LogP contribution in [0.1, 0.15) is 55.8 Å². The fraction of sp³-hybridized carbons (Fsp3) is 0.588. The van der Waals surface area contributed by atoms with E-state index >= 15 is 0 Å². The molecule has 0 unspecified atom stereocenters. The number of hydrogen-bond acceptors (Lipinski definition) is 3. The first-order chi connectivity index (χ1) is 9.76. The molecule has 3 heteroatoms. The van der Waals surface area contributed by atoms with Crippen molar-refractivity contribution in [3.05, 3.63) is 35.9 Å². The number of rotatable bonds is 6. The number of carbonyl (C=O) groups excluding carboxylic acids is 1. The predicted molar refractivity (Wildman–Crippen MR) is 78.8 cm³/mol. The molecule has 2 rings (SSSR count). The van der Waals surface area contributed by atoms with E-state index < -0.39 is 5.60 Å². The van der Waals surface area contributed by atoms with E-state index in [4.69, 9.17) is 9.47 Å². The molecular formula is C17H24O3. The van der Waals surface area contributed by atoms with Gasteiger partial charge in [0.2, 0.25) is 0 Å². The Bertz CT molecular complexity index is 408. The summed E-state index contributed by atoms with van der Waals surface area (Å²) in [5.74, 6) is -0.229. The van der Waals surface area contributed by atoms with Crippen molar-refractivity contribution in [3.8, 4) is 0 Å². The highest BCUT2D eigenvalue weighted by Gasteiger charge is 2.36. The number of benzene rings is 1. The zero-order valence-electron chi connectivity index (χ0n) is 12.3. The third-order valence-corrected chi connectivity index (χ3v) is 3.80. The number of hydrogen-bond donors (Lipinski definition) is 0. The maximum Gasteiger partial charge on any atom is 0.338 e. The van der Waals surface area contributed by atoms with Crippen molar-refractivity contribution in [2.75, 3.05) is 13.2 Å². The molecule has 0 N–H and O–H groups in total. The lowest BCUT2D eigenvalue weighted by Crippen LogP contribution is -2.42. The van der Waals surface area contributed by atoms with E-state index in [9.17, 15) is 4.79 Å². The third kappa shape index (κ3) is 4.07. The van der Waals surface area contributed by atoms with Gasteiger partial charge in [0.05, 0.1) is 12.2 Å². The van der Waals surface area contributed by atoms with Crippen LogP contribution >= 0.6 is 0 Å². The van der Waals surface area contributed by atoms with Gasteiger partial charge in [0, 0.05) is 6.61 Å². The molecule has 0 bridgehead atoms. The van der Waals surface area contributed by atoms with Crippen molar-refractivity contribution >= 4 is 5.97 Å². The summed E-state index contributed by atoms with van der Waals surface area (Å²) in [6, 6.07) is 9.21. The molecule has 0 radical (unpaired) electrons. The van der Waals surface area contributed by atoms with Crippen LogP contribution in [-0.4, -0.2) is 24.8 Å². The maximum atomic E-state index is 12.3. The Morgan fingerprint density at radius 2 is 1.85 bits per heavy atom. The van der Waals surface area contributed by atoms with Crippen LogP contribution in [0.2, 0.25) is 0 Å². The first-order valence-electron chi connectivity index (χ1n) is 7.62. The van der Waals surface area contributed by atoms with Gasteiger partial charge in [-0.25, -0.2) is 4.79 Å². The van der Waals surface area contributed by atoms with Crippen LogP contribution in [0.4, 0.5) is 0 Å². The van der Waals surface area contributed by atoms with Gasteiger partial charge in [-0.05, 0) is 44.2 Å². The van der Waals surface area contributed by atoms with Gasteiger partial charge < -0.3 is 9.47 Å². The second kappa shape index (κ2) is 7.44. The second-order valence-electron chi connectivity index (χ2n) is 5.55. The molecule has 1 aromatic carbocycles. The van der Waals surface area contributed by atoms with Crippen LogP contribution in [0, 0.1) is 0 Å². The molecule has 1 fully saturated rings. The molecule has 0 aliphatic heterocycles. The Labute approximate surface area is 121 Å². The minimum Gasteiger partial charge on any atom is -0.453 e. The van der Waals surface area contributed by atoms with E-state index in [1.54, 1.807) is 12.1 Å². The Morgan fingerprint density at radius 1 is 1.15 bits per heavy atom. The van der Waals surface area contributed by atoms with Gasteiger partial charge >= 0.3 is 5.97 Å². The van der Waals surface area contributed by atoms with E-state index in [0.717, 1.165) is 38.7 Å². The summed E-state index contributed by atoms with van der Waals surface area (Å²) in [5, 5.41) is 0. The van der Waals surface area contributed by atoms with E-state index in [1.807, 2.05) is 18.2 Å². The Balaban J connectivity index is 2.01. The molecule has 0 spiro atoms. The lowest BCUT2D eigenvalue weighted by atomic mass is 9.85. The largest absolute Gasteiger partial charge is 0.453 e. The molecule has 0 atom stereocenters. The summed E-state index contributed by atoms with van der Waals surface area (Å²) < 4.78 is 11.5. The number of ether oxygens (including phenoxy) is 2. The van der Waals surface area contributed by atoms with Crippen LogP contribution in [0.3, 0.4) is 0 Å². The topological polar surface area (TPSA) is 35.5 Å².